The van der Waals surface area contributed by atoms with Crippen LogP contribution in [0.3, 0.4) is 0 Å². The minimum Gasteiger partial charge on any atom is -0.462 e. The van der Waals surface area contributed by atoms with Crippen molar-refractivity contribution in [1.82, 2.24) is 0 Å². The van der Waals surface area contributed by atoms with Crippen LogP contribution in [0, 0.1) is 13.8 Å². The zero-order valence-corrected chi connectivity index (χ0v) is 31.6. The molecule has 0 aliphatic rings. The molecular weight excluding hydrogens is 655 g/mol. The van der Waals surface area contributed by atoms with Gasteiger partial charge in [-0.25, -0.2) is 9.59 Å². The first-order chi connectivity index (χ1) is 25.5. The summed E-state index contributed by atoms with van der Waals surface area (Å²) in [4.78, 5) is 25.6. The van der Waals surface area contributed by atoms with Crippen LogP contribution in [0.25, 0.3) is 0 Å². The third-order valence-corrected chi connectivity index (χ3v) is 9.53. The standard InChI is InChI=1S/C48H51NO4/c1-34(2)47(50)52-31-29-42-16-12-38(13-17-42)8-10-40-20-25-44(26-21-40)49(46-24-7-36(5)37(6)33-46)45-27-22-41(23-28-45)11-9-39-14-18-43(19-15-39)30-32-53-48(51)35(3)4/h7,12-28,33H,1,3,8-11,29-32H2,2,4-6H3. The molecule has 0 spiro atoms. The van der Waals surface area contributed by atoms with Crippen LogP contribution in [-0.4, -0.2) is 25.2 Å². The van der Waals surface area contributed by atoms with E-state index in [9.17, 15) is 9.59 Å². The van der Waals surface area contributed by atoms with E-state index >= 15 is 0 Å². The smallest absolute Gasteiger partial charge is 0.333 e. The van der Waals surface area contributed by atoms with Crippen LogP contribution in [0.1, 0.15) is 58.4 Å². The van der Waals surface area contributed by atoms with Gasteiger partial charge in [-0.15, -0.1) is 0 Å². The normalized spacial score (nSPS) is 10.8. The Morgan fingerprint density at radius 1 is 0.453 bits per heavy atom. The maximum atomic E-state index is 11.6. The summed E-state index contributed by atoms with van der Waals surface area (Å²) in [6.45, 7) is 15.6. The number of anilines is 3. The molecule has 5 aromatic rings. The fourth-order valence-electron chi connectivity index (χ4n) is 6.03. The van der Waals surface area contributed by atoms with Crippen molar-refractivity contribution in [3.05, 3.63) is 184 Å². The lowest BCUT2D eigenvalue weighted by atomic mass is 10.0. The molecule has 0 aliphatic carbocycles. The van der Waals surface area contributed by atoms with Crippen molar-refractivity contribution in [3.8, 4) is 0 Å². The number of ether oxygens (including phenoxy) is 2. The maximum absolute atomic E-state index is 11.6. The minimum absolute atomic E-state index is 0.340. The van der Waals surface area contributed by atoms with Gasteiger partial charge in [-0.05, 0) is 134 Å². The van der Waals surface area contributed by atoms with E-state index in [1.807, 2.05) is 0 Å². The molecule has 272 valence electrons. The number of nitrogens with zero attached hydrogens (tertiary/aromatic N) is 1. The molecule has 0 heterocycles. The van der Waals surface area contributed by atoms with Crippen LogP contribution in [0.2, 0.25) is 0 Å². The summed E-state index contributed by atoms with van der Waals surface area (Å²) in [6.07, 6.45) is 5.17. The first kappa shape index (κ1) is 38.5. The topological polar surface area (TPSA) is 55.8 Å². The highest BCUT2D eigenvalue weighted by atomic mass is 16.5. The molecule has 0 saturated carbocycles. The van der Waals surface area contributed by atoms with Crippen molar-refractivity contribution in [1.29, 1.82) is 0 Å². The lowest BCUT2D eigenvalue weighted by molar-refractivity contribution is -0.139. The highest BCUT2D eigenvalue weighted by molar-refractivity contribution is 5.87. The number of carbonyl (C=O) groups excluding carboxylic acids is 2. The van der Waals surface area contributed by atoms with Gasteiger partial charge < -0.3 is 14.4 Å². The number of carbonyl (C=O) groups is 2. The third kappa shape index (κ3) is 11.4. The lowest BCUT2D eigenvalue weighted by Gasteiger charge is -2.26. The molecule has 5 rings (SSSR count). The Kier molecular flexibility index (Phi) is 13.6. The number of esters is 2. The van der Waals surface area contributed by atoms with Gasteiger partial charge in [0.1, 0.15) is 0 Å². The summed E-state index contributed by atoms with van der Waals surface area (Å²) < 4.78 is 10.5. The van der Waals surface area contributed by atoms with Gasteiger partial charge in [-0.3, -0.25) is 0 Å². The Labute approximate surface area is 315 Å². The molecule has 0 bridgehead atoms. The van der Waals surface area contributed by atoms with Gasteiger partial charge in [0.25, 0.3) is 0 Å². The monoisotopic (exact) mass is 705 g/mol. The molecule has 53 heavy (non-hydrogen) atoms. The minimum atomic E-state index is -0.340. The summed E-state index contributed by atoms with van der Waals surface area (Å²) in [6, 6.07) is 41.6. The second kappa shape index (κ2) is 18.7. The van der Waals surface area contributed by atoms with Crippen molar-refractivity contribution in [2.45, 2.75) is 66.2 Å². The van der Waals surface area contributed by atoms with Crippen LogP contribution < -0.4 is 4.90 Å². The number of aryl methyl sites for hydroxylation is 6. The summed E-state index contributed by atoms with van der Waals surface area (Å²) >= 11 is 0. The summed E-state index contributed by atoms with van der Waals surface area (Å²) in [5, 5.41) is 0. The van der Waals surface area contributed by atoms with Crippen LogP contribution in [0.4, 0.5) is 17.1 Å². The zero-order chi connectivity index (χ0) is 37.7. The highest BCUT2D eigenvalue weighted by Crippen LogP contribution is 2.36. The molecule has 0 aromatic heterocycles. The van der Waals surface area contributed by atoms with E-state index in [-0.39, 0.29) is 11.9 Å². The summed E-state index contributed by atoms with van der Waals surface area (Å²) in [7, 11) is 0. The van der Waals surface area contributed by atoms with E-state index in [2.05, 4.69) is 147 Å². The Bertz CT molecular complexity index is 1880. The first-order valence-corrected chi connectivity index (χ1v) is 18.4. The molecule has 0 fully saturated rings. The lowest BCUT2D eigenvalue weighted by Crippen LogP contribution is -2.10. The predicted octanol–water partition coefficient (Wildman–Crippen LogP) is 10.7. The second-order valence-corrected chi connectivity index (χ2v) is 13.9. The molecule has 5 aromatic carbocycles. The Morgan fingerprint density at radius 2 is 0.755 bits per heavy atom. The fourth-order valence-corrected chi connectivity index (χ4v) is 6.03. The summed E-state index contributed by atoms with van der Waals surface area (Å²) in [5.74, 6) is -0.681. The van der Waals surface area contributed by atoms with Crippen molar-refractivity contribution in [2.75, 3.05) is 18.1 Å². The van der Waals surface area contributed by atoms with Gasteiger partial charge in [0.15, 0.2) is 0 Å². The highest BCUT2D eigenvalue weighted by Gasteiger charge is 2.14. The quantitative estimate of drug-likeness (QED) is 0.0712. The average Bonchev–Trinajstić information content (AvgIpc) is 3.16. The average molecular weight is 706 g/mol. The SMILES string of the molecule is C=C(C)C(=O)OCCc1ccc(CCc2ccc(N(c3ccc(CCc4ccc(CCOC(=O)C(=C)C)cc4)cc3)c3ccc(C)c(C)c3)cc2)cc1. The fraction of sp³-hybridized carbons (Fsp3) is 0.250. The summed E-state index contributed by atoms with van der Waals surface area (Å²) in [5.41, 5.74) is 14.2. The molecule has 5 nitrogen and oxygen atoms in total. The molecule has 0 atom stereocenters. The van der Waals surface area contributed by atoms with E-state index in [0.29, 0.717) is 37.2 Å². The van der Waals surface area contributed by atoms with Gasteiger partial charge in [0.05, 0.1) is 13.2 Å². The van der Waals surface area contributed by atoms with Crippen molar-refractivity contribution in [2.24, 2.45) is 0 Å². The molecular formula is C48H51NO4. The number of hydrogen-bond donors (Lipinski definition) is 0. The number of hydrogen-bond acceptors (Lipinski definition) is 5. The van der Waals surface area contributed by atoms with Crippen LogP contribution in [0.15, 0.2) is 140 Å². The molecule has 0 amide bonds. The van der Waals surface area contributed by atoms with E-state index in [1.165, 1.54) is 33.4 Å². The second-order valence-electron chi connectivity index (χ2n) is 13.9. The van der Waals surface area contributed by atoms with Gasteiger partial charge >= 0.3 is 11.9 Å². The molecule has 5 heteroatoms. The van der Waals surface area contributed by atoms with Crippen molar-refractivity contribution >= 4 is 29.0 Å². The molecule has 0 unspecified atom stereocenters. The number of rotatable bonds is 17. The Morgan fingerprint density at radius 3 is 1.08 bits per heavy atom. The van der Waals surface area contributed by atoms with Gasteiger partial charge in [-0.2, -0.15) is 0 Å². The van der Waals surface area contributed by atoms with Gasteiger partial charge in [0.2, 0.25) is 0 Å². The van der Waals surface area contributed by atoms with Crippen LogP contribution in [0.5, 0.6) is 0 Å². The van der Waals surface area contributed by atoms with Crippen molar-refractivity contribution < 1.29 is 19.1 Å². The Hall–Kier alpha value is -5.68. The van der Waals surface area contributed by atoms with Gasteiger partial charge in [0, 0.05) is 41.1 Å². The molecule has 0 N–H and O–H groups in total. The zero-order valence-electron chi connectivity index (χ0n) is 31.6. The van der Waals surface area contributed by atoms with Gasteiger partial charge in [-0.1, -0.05) is 92.0 Å². The van der Waals surface area contributed by atoms with E-state index < -0.39 is 0 Å². The van der Waals surface area contributed by atoms with E-state index in [1.54, 1.807) is 13.8 Å². The maximum Gasteiger partial charge on any atom is 0.333 e. The number of benzene rings is 5. The molecule has 0 aliphatic heterocycles. The first-order valence-electron chi connectivity index (χ1n) is 18.4. The third-order valence-electron chi connectivity index (χ3n) is 9.53. The van der Waals surface area contributed by atoms with E-state index in [0.717, 1.165) is 53.9 Å². The predicted molar refractivity (Wildman–Crippen MR) is 217 cm³/mol. The molecule has 0 saturated heterocycles. The Balaban J connectivity index is 1.20. The largest absolute Gasteiger partial charge is 0.462 e. The van der Waals surface area contributed by atoms with Crippen molar-refractivity contribution in [3.63, 3.8) is 0 Å². The van der Waals surface area contributed by atoms with E-state index in [4.69, 9.17) is 9.47 Å². The van der Waals surface area contributed by atoms with Crippen LogP contribution in [-0.2, 0) is 57.6 Å². The molecule has 0 radical (unpaired) electrons. The van der Waals surface area contributed by atoms with Crippen LogP contribution >= 0.6 is 0 Å².